The Labute approximate surface area is 210 Å². The average molecular weight is 474 g/mol. The molecule has 2 N–H and O–H groups in total. The van der Waals surface area contributed by atoms with Crippen molar-refractivity contribution in [3.63, 3.8) is 0 Å². The van der Waals surface area contributed by atoms with Crippen molar-refractivity contribution in [2.24, 2.45) is 0 Å². The van der Waals surface area contributed by atoms with E-state index in [-0.39, 0.29) is 11.6 Å². The third-order valence-electron chi connectivity index (χ3n) is 6.68. The van der Waals surface area contributed by atoms with Gasteiger partial charge in [0.05, 0.1) is 11.7 Å². The number of carbonyl (C=O) groups is 1. The summed E-state index contributed by atoms with van der Waals surface area (Å²) in [7, 11) is 0. The number of hydrogen-bond donors (Lipinski definition) is 2. The molecule has 0 radical (unpaired) electrons. The van der Waals surface area contributed by atoms with E-state index in [1.54, 1.807) is 6.07 Å². The molecule has 35 heavy (non-hydrogen) atoms. The highest BCUT2D eigenvalue weighted by atomic mass is 16.5. The molecule has 0 heterocycles. The number of hydrogen-bond acceptors (Lipinski definition) is 3. The maximum absolute atomic E-state index is 11.4. The number of aryl methyl sites for hydroxylation is 3. The highest BCUT2D eigenvalue weighted by Crippen LogP contribution is 2.31. The molecular formula is C31H39NO3. The number of nitrogens with one attached hydrogen (secondary N) is 1. The molecule has 186 valence electrons. The molecule has 4 heteroatoms. The van der Waals surface area contributed by atoms with Crippen molar-refractivity contribution in [1.82, 2.24) is 5.32 Å². The normalized spacial score (nSPS) is 12.5. The van der Waals surface area contributed by atoms with Crippen LogP contribution in [0.2, 0.25) is 0 Å². The lowest BCUT2D eigenvalue weighted by atomic mass is 9.93. The summed E-state index contributed by atoms with van der Waals surface area (Å²) in [6.07, 6.45) is 1.85. The Kier molecular flexibility index (Phi) is 8.87. The van der Waals surface area contributed by atoms with E-state index in [9.17, 15) is 9.90 Å². The zero-order valence-corrected chi connectivity index (χ0v) is 21.9. The molecule has 0 aliphatic rings. The monoisotopic (exact) mass is 473 g/mol. The summed E-state index contributed by atoms with van der Waals surface area (Å²) in [5, 5.41) is 13.0. The van der Waals surface area contributed by atoms with Crippen molar-refractivity contribution in [1.29, 1.82) is 0 Å². The van der Waals surface area contributed by atoms with E-state index in [1.807, 2.05) is 31.2 Å². The van der Waals surface area contributed by atoms with Crippen molar-refractivity contribution in [3.8, 4) is 11.1 Å². The van der Waals surface area contributed by atoms with Gasteiger partial charge in [0.15, 0.2) is 0 Å². The fourth-order valence-electron chi connectivity index (χ4n) is 4.52. The standard InChI is InChI=1S/C31H39NO3/c1-21-12-13-25(18-22(21)2)20-31(5,6)32-16-9-17-35-24(4)28-10-7-8-11-29(28)26-14-15-27(30(33)34)23(3)19-26/h7-8,10-15,18-19,24,32H,9,16-17,20H2,1-6H3,(H,33,34). The van der Waals surface area contributed by atoms with Crippen LogP contribution in [-0.4, -0.2) is 29.8 Å². The van der Waals surface area contributed by atoms with E-state index in [2.05, 4.69) is 70.3 Å². The van der Waals surface area contributed by atoms with Gasteiger partial charge in [-0.3, -0.25) is 0 Å². The van der Waals surface area contributed by atoms with Gasteiger partial charge < -0.3 is 15.2 Å². The zero-order valence-electron chi connectivity index (χ0n) is 21.9. The van der Waals surface area contributed by atoms with Gasteiger partial charge in [0.1, 0.15) is 0 Å². The van der Waals surface area contributed by atoms with E-state index in [0.717, 1.165) is 41.6 Å². The lowest BCUT2D eigenvalue weighted by molar-refractivity contribution is 0.0635. The molecule has 0 aliphatic carbocycles. The van der Waals surface area contributed by atoms with Gasteiger partial charge in [0.25, 0.3) is 0 Å². The van der Waals surface area contributed by atoms with Gasteiger partial charge >= 0.3 is 5.97 Å². The molecule has 1 unspecified atom stereocenters. The molecule has 0 saturated heterocycles. The lowest BCUT2D eigenvalue weighted by Gasteiger charge is -2.27. The fourth-order valence-corrected chi connectivity index (χ4v) is 4.52. The SMILES string of the molecule is Cc1ccc(CC(C)(C)NCCCOC(C)c2ccccc2-c2ccc(C(=O)O)c(C)c2)cc1C. The molecule has 4 nitrogen and oxygen atoms in total. The minimum absolute atomic E-state index is 0.0138. The average Bonchev–Trinajstić information content (AvgIpc) is 2.80. The van der Waals surface area contributed by atoms with E-state index in [4.69, 9.17) is 4.74 Å². The second kappa shape index (κ2) is 11.7. The molecular weight excluding hydrogens is 434 g/mol. The van der Waals surface area contributed by atoms with Crippen LogP contribution in [0.4, 0.5) is 0 Å². The van der Waals surface area contributed by atoms with Gasteiger partial charge in [-0.2, -0.15) is 0 Å². The maximum atomic E-state index is 11.4. The molecule has 0 aliphatic heterocycles. The molecule has 1 atom stereocenters. The van der Waals surface area contributed by atoms with Gasteiger partial charge in [-0.25, -0.2) is 4.79 Å². The number of benzene rings is 3. The minimum atomic E-state index is -0.898. The predicted octanol–water partition coefficient (Wildman–Crippen LogP) is 7.06. The first-order valence-corrected chi connectivity index (χ1v) is 12.4. The van der Waals surface area contributed by atoms with E-state index in [1.165, 1.54) is 16.7 Å². The van der Waals surface area contributed by atoms with Gasteiger partial charge in [-0.15, -0.1) is 0 Å². The molecule has 3 rings (SSSR count). The van der Waals surface area contributed by atoms with Crippen LogP contribution in [0, 0.1) is 20.8 Å². The van der Waals surface area contributed by atoms with Crippen molar-refractivity contribution < 1.29 is 14.6 Å². The second-order valence-corrected chi connectivity index (χ2v) is 10.2. The van der Waals surface area contributed by atoms with Crippen LogP contribution >= 0.6 is 0 Å². The molecule has 0 bridgehead atoms. The molecule has 3 aromatic rings. The number of carboxylic acids is 1. The molecule has 0 fully saturated rings. The van der Waals surface area contributed by atoms with Crippen LogP contribution in [0.25, 0.3) is 11.1 Å². The fraction of sp³-hybridized carbons (Fsp3) is 0.387. The van der Waals surface area contributed by atoms with E-state index in [0.29, 0.717) is 12.2 Å². The topological polar surface area (TPSA) is 58.6 Å². The van der Waals surface area contributed by atoms with E-state index < -0.39 is 5.97 Å². The van der Waals surface area contributed by atoms with Gasteiger partial charge in [-0.05, 0) is 106 Å². The van der Waals surface area contributed by atoms with Crippen LogP contribution in [-0.2, 0) is 11.2 Å². The van der Waals surface area contributed by atoms with Crippen LogP contribution in [0.3, 0.4) is 0 Å². The number of ether oxygens (including phenoxy) is 1. The summed E-state index contributed by atoms with van der Waals surface area (Å²) in [5.74, 6) is -0.898. The first-order chi connectivity index (χ1) is 16.6. The Morgan fingerprint density at radius 1 is 0.971 bits per heavy atom. The highest BCUT2D eigenvalue weighted by Gasteiger charge is 2.18. The molecule has 0 saturated carbocycles. The van der Waals surface area contributed by atoms with Crippen molar-refractivity contribution in [2.45, 2.75) is 66.0 Å². The maximum Gasteiger partial charge on any atom is 0.335 e. The largest absolute Gasteiger partial charge is 0.478 e. The third-order valence-corrected chi connectivity index (χ3v) is 6.68. The summed E-state index contributed by atoms with van der Waals surface area (Å²) in [5.41, 5.74) is 8.34. The Balaban J connectivity index is 1.54. The molecule has 0 aromatic heterocycles. The number of aromatic carboxylic acids is 1. The molecule has 0 spiro atoms. The summed E-state index contributed by atoms with van der Waals surface area (Å²) in [4.78, 5) is 11.4. The summed E-state index contributed by atoms with van der Waals surface area (Å²) in [6, 6.07) is 20.4. The van der Waals surface area contributed by atoms with Crippen molar-refractivity contribution in [3.05, 3.63) is 94.0 Å². The van der Waals surface area contributed by atoms with Crippen molar-refractivity contribution >= 4 is 5.97 Å². The Morgan fingerprint density at radius 3 is 2.40 bits per heavy atom. The number of rotatable bonds is 11. The minimum Gasteiger partial charge on any atom is -0.478 e. The van der Waals surface area contributed by atoms with Gasteiger partial charge in [0.2, 0.25) is 0 Å². The molecule has 3 aromatic carbocycles. The quantitative estimate of drug-likeness (QED) is 0.293. The zero-order chi connectivity index (χ0) is 25.6. The Hall–Kier alpha value is -2.95. The predicted molar refractivity (Wildman–Crippen MR) is 144 cm³/mol. The van der Waals surface area contributed by atoms with Crippen molar-refractivity contribution in [2.75, 3.05) is 13.2 Å². The van der Waals surface area contributed by atoms with Gasteiger partial charge in [0, 0.05) is 12.1 Å². The number of carboxylic acid groups (broad SMARTS) is 1. The first-order valence-electron chi connectivity index (χ1n) is 12.4. The first kappa shape index (κ1) is 26.7. The summed E-state index contributed by atoms with van der Waals surface area (Å²) < 4.78 is 6.21. The lowest BCUT2D eigenvalue weighted by Crippen LogP contribution is -2.42. The van der Waals surface area contributed by atoms with E-state index >= 15 is 0 Å². The summed E-state index contributed by atoms with van der Waals surface area (Å²) >= 11 is 0. The summed E-state index contributed by atoms with van der Waals surface area (Å²) in [6.45, 7) is 14.3. The van der Waals surface area contributed by atoms with Crippen LogP contribution in [0.15, 0.2) is 60.7 Å². The van der Waals surface area contributed by atoms with Crippen LogP contribution in [0.1, 0.15) is 71.5 Å². The molecule has 0 amide bonds. The highest BCUT2D eigenvalue weighted by molar-refractivity contribution is 5.90. The van der Waals surface area contributed by atoms with Gasteiger partial charge in [-0.1, -0.05) is 54.6 Å². The van der Waals surface area contributed by atoms with Crippen LogP contribution < -0.4 is 5.32 Å². The third kappa shape index (κ3) is 7.27. The Bertz CT molecular complexity index is 1170. The smallest absolute Gasteiger partial charge is 0.335 e. The van der Waals surface area contributed by atoms with Crippen LogP contribution in [0.5, 0.6) is 0 Å². The Morgan fingerprint density at radius 2 is 1.71 bits per heavy atom. The second-order valence-electron chi connectivity index (χ2n) is 10.2.